The molecule has 3 rings (SSSR count). The van der Waals surface area contributed by atoms with Crippen LogP contribution in [0, 0.1) is 6.92 Å². The van der Waals surface area contributed by atoms with Crippen molar-refractivity contribution < 1.29 is 24.5 Å². The number of nitrogens with one attached hydrogen (secondary N) is 1. The molecule has 29 heavy (non-hydrogen) atoms. The van der Waals surface area contributed by atoms with Crippen LogP contribution < -0.4 is 16.0 Å². The zero-order valence-electron chi connectivity index (χ0n) is 15.4. The summed E-state index contributed by atoms with van der Waals surface area (Å²) in [5.41, 5.74) is 5.13. The molecule has 0 atom stereocenters. The summed E-state index contributed by atoms with van der Waals surface area (Å²) >= 11 is 0. The first-order valence-corrected chi connectivity index (χ1v) is 8.59. The quantitative estimate of drug-likeness (QED) is 0.503. The van der Waals surface area contributed by atoms with Crippen molar-refractivity contribution in [1.29, 1.82) is 0 Å². The van der Waals surface area contributed by atoms with Crippen molar-refractivity contribution in [2.75, 3.05) is 5.73 Å². The van der Waals surface area contributed by atoms with Crippen LogP contribution in [0.5, 0.6) is 5.75 Å². The molecule has 1 heterocycles. The van der Waals surface area contributed by atoms with Crippen LogP contribution in [0.4, 0.5) is 5.82 Å². The van der Waals surface area contributed by atoms with Gasteiger partial charge in [0.15, 0.2) is 0 Å². The fraction of sp³-hybridized carbons (Fsp3) is 0.0952. The molecule has 3 aromatic rings. The molecule has 0 saturated heterocycles. The van der Waals surface area contributed by atoms with E-state index >= 15 is 0 Å². The molecule has 5 N–H and O–H groups in total. The second-order valence-electron chi connectivity index (χ2n) is 6.36. The van der Waals surface area contributed by atoms with Gasteiger partial charge in [-0.25, -0.2) is 9.59 Å². The Kier molecular flexibility index (Phi) is 5.36. The average Bonchev–Trinajstić information content (AvgIpc) is 2.66. The first kappa shape index (κ1) is 19.7. The summed E-state index contributed by atoms with van der Waals surface area (Å²) in [4.78, 5) is 37.5. The smallest absolute Gasteiger partial charge is 0.342 e. The fourth-order valence-corrected chi connectivity index (χ4v) is 3.04. The molecule has 8 heteroatoms. The van der Waals surface area contributed by atoms with Gasteiger partial charge in [0, 0.05) is 5.56 Å². The fourth-order valence-electron chi connectivity index (χ4n) is 3.04. The molecule has 148 valence electrons. The number of ether oxygens (including phenoxy) is 1. The van der Waals surface area contributed by atoms with Gasteiger partial charge in [0.1, 0.15) is 29.3 Å². The first-order valence-electron chi connectivity index (χ1n) is 8.59. The number of nitrogen functional groups attached to an aromatic ring is 1. The number of nitrogens with two attached hydrogens (primary N) is 1. The lowest BCUT2D eigenvalue weighted by atomic mass is 9.94. The third kappa shape index (κ3) is 3.96. The number of hydrogen-bond donors (Lipinski definition) is 4. The van der Waals surface area contributed by atoms with Crippen LogP contribution in [0.15, 0.2) is 53.3 Å². The number of rotatable bonds is 6. The lowest BCUT2D eigenvalue weighted by Crippen LogP contribution is -2.24. The Morgan fingerprint density at radius 1 is 1.03 bits per heavy atom. The highest BCUT2D eigenvalue weighted by molar-refractivity contribution is 6.07. The van der Waals surface area contributed by atoms with E-state index < -0.39 is 34.4 Å². The maximum Gasteiger partial charge on any atom is 0.342 e. The summed E-state index contributed by atoms with van der Waals surface area (Å²) in [7, 11) is 0. The molecule has 0 bridgehead atoms. The molecular formula is C21H18N2O6. The number of aromatic amines is 1. The SMILES string of the molecule is Cc1cc(-c2c(C(=O)O)c(N)[nH]c(=O)c2C(=O)O)ccc1OCc1ccccc1. The number of aryl methyl sites for hydroxylation is 1. The predicted molar refractivity (Wildman–Crippen MR) is 106 cm³/mol. The van der Waals surface area contributed by atoms with Gasteiger partial charge in [0.05, 0.1) is 0 Å². The number of aromatic nitrogens is 1. The van der Waals surface area contributed by atoms with Gasteiger partial charge in [-0.15, -0.1) is 0 Å². The molecule has 0 radical (unpaired) electrons. The van der Waals surface area contributed by atoms with E-state index in [1.54, 1.807) is 19.1 Å². The molecule has 0 aliphatic carbocycles. The number of hydrogen-bond acceptors (Lipinski definition) is 5. The van der Waals surface area contributed by atoms with E-state index in [1.165, 1.54) is 6.07 Å². The van der Waals surface area contributed by atoms with E-state index in [-0.39, 0.29) is 11.1 Å². The van der Waals surface area contributed by atoms with Crippen molar-refractivity contribution in [3.63, 3.8) is 0 Å². The van der Waals surface area contributed by atoms with Crippen LogP contribution >= 0.6 is 0 Å². The van der Waals surface area contributed by atoms with E-state index in [0.717, 1.165) is 5.56 Å². The molecule has 0 spiro atoms. The first-order chi connectivity index (χ1) is 13.8. The summed E-state index contributed by atoms with van der Waals surface area (Å²) in [6, 6.07) is 14.2. The van der Waals surface area contributed by atoms with Gasteiger partial charge in [0.2, 0.25) is 0 Å². The number of carboxylic acid groups (broad SMARTS) is 2. The van der Waals surface area contributed by atoms with Gasteiger partial charge in [-0.05, 0) is 35.7 Å². The van der Waals surface area contributed by atoms with Crippen molar-refractivity contribution in [3.05, 3.63) is 81.1 Å². The van der Waals surface area contributed by atoms with Gasteiger partial charge in [-0.1, -0.05) is 36.4 Å². The number of anilines is 1. The van der Waals surface area contributed by atoms with Crippen molar-refractivity contribution in [2.24, 2.45) is 0 Å². The minimum absolute atomic E-state index is 0.238. The number of benzene rings is 2. The number of carbonyl (C=O) groups is 2. The van der Waals surface area contributed by atoms with Crippen LogP contribution in [-0.2, 0) is 6.61 Å². The Labute approximate surface area is 165 Å². The van der Waals surface area contributed by atoms with E-state index in [9.17, 15) is 24.6 Å². The number of aromatic carboxylic acids is 2. The van der Waals surface area contributed by atoms with Crippen molar-refractivity contribution in [1.82, 2.24) is 4.98 Å². The Bertz CT molecular complexity index is 1150. The Hall–Kier alpha value is -4.07. The third-order valence-corrected chi connectivity index (χ3v) is 4.37. The molecule has 0 fully saturated rings. The summed E-state index contributed by atoms with van der Waals surface area (Å²) in [6.07, 6.45) is 0. The predicted octanol–water partition coefficient (Wildman–Crippen LogP) is 2.91. The monoisotopic (exact) mass is 394 g/mol. The zero-order chi connectivity index (χ0) is 21.1. The Balaban J connectivity index is 2.07. The highest BCUT2D eigenvalue weighted by Crippen LogP contribution is 2.32. The third-order valence-electron chi connectivity index (χ3n) is 4.37. The van der Waals surface area contributed by atoms with Crippen LogP contribution in [0.25, 0.3) is 11.1 Å². The molecule has 0 amide bonds. The molecule has 0 aliphatic heterocycles. The van der Waals surface area contributed by atoms with Crippen molar-refractivity contribution in [2.45, 2.75) is 13.5 Å². The highest BCUT2D eigenvalue weighted by atomic mass is 16.5. The lowest BCUT2D eigenvalue weighted by molar-refractivity contribution is 0.0695. The van der Waals surface area contributed by atoms with E-state index in [0.29, 0.717) is 17.9 Å². The summed E-state index contributed by atoms with van der Waals surface area (Å²) in [6.45, 7) is 2.07. The standard InChI is InChI=1S/C21H18N2O6/c1-11-9-13(7-8-14(11)29-10-12-5-3-2-4-6-12)15-16(20(25)26)18(22)23-19(24)17(15)21(27)28/h2-9H,10H2,1H3,(H,25,26)(H,27,28)(H3,22,23,24). The number of H-pyrrole nitrogens is 1. The second kappa shape index (κ2) is 7.89. The molecule has 1 aromatic heterocycles. The van der Waals surface area contributed by atoms with Crippen LogP contribution in [0.2, 0.25) is 0 Å². The van der Waals surface area contributed by atoms with E-state index in [2.05, 4.69) is 4.98 Å². The molecule has 8 nitrogen and oxygen atoms in total. The number of carboxylic acids is 2. The van der Waals surface area contributed by atoms with Crippen LogP contribution in [-0.4, -0.2) is 27.1 Å². The zero-order valence-corrected chi connectivity index (χ0v) is 15.4. The van der Waals surface area contributed by atoms with Crippen LogP contribution in [0.3, 0.4) is 0 Å². The summed E-state index contributed by atoms with van der Waals surface area (Å²) < 4.78 is 5.79. The van der Waals surface area contributed by atoms with Crippen molar-refractivity contribution >= 4 is 17.8 Å². The lowest BCUT2D eigenvalue weighted by Gasteiger charge is -2.14. The van der Waals surface area contributed by atoms with Crippen LogP contribution in [0.1, 0.15) is 31.8 Å². The maximum atomic E-state index is 12.1. The largest absolute Gasteiger partial charge is 0.489 e. The van der Waals surface area contributed by atoms with Crippen molar-refractivity contribution in [3.8, 4) is 16.9 Å². The van der Waals surface area contributed by atoms with E-state index in [1.807, 2.05) is 30.3 Å². The van der Waals surface area contributed by atoms with Gasteiger partial charge >= 0.3 is 11.9 Å². The normalized spacial score (nSPS) is 10.5. The molecule has 0 saturated carbocycles. The van der Waals surface area contributed by atoms with Gasteiger partial charge in [-0.2, -0.15) is 0 Å². The number of pyridine rings is 1. The van der Waals surface area contributed by atoms with E-state index in [4.69, 9.17) is 10.5 Å². The van der Waals surface area contributed by atoms with Gasteiger partial charge < -0.3 is 25.7 Å². The highest BCUT2D eigenvalue weighted by Gasteiger charge is 2.26. The molecule has 0 aliphatic rings. The minimum Gasteiger partial charge on any atom is -0.489 e. The second-order valence-corrected chi connectivity index (χ2v) is 6.36. The summed E-state index contributed by atoms with van der Waals surface area (Å²) in [5.74, 6) is -2.86. The average molecular weight is 394 g/mol. The molecule has 0 unspecified atom stereocenters. The van der Waals surface area contributed by atoms with Gasteiger partial charge in [0.25, 0.3) is 5.56 Å². The summed E-state index contributed by atoms with van der Waals surface area (Å²) in [5, 5.41) is 19.0. The van der Waals surface area contributed by atoms with Gasteiger partial charge in [-0.3, -0.25) is 4.79 Å². The Morgan fingerprint density at radius 3 is 2.28 bits per heavy atom. The minimum atomic E-state index is -1.55. The topological polar surface area (TPSA) is 143 Å². The molecule has 2 aromatic carbocycles. The Morgan fingerprint density at radius 2 is 1.69 bits per heavy atom. The maximum absolute atomic E-state index is 12.1. The molecular weight excluding hydrogens is 376 g/mol.